The predicted molar refractivity (Wildman–Crippen MR) is 140 cm³/mol. The molecule has 1 aromatic carbocycles. The molecule has 2 aromatic heterocycles. The molecule has 15 heteroatoms. The van der Waals surface area contributed by atoms with Gasteiger partial charge < -0.3 is 19.7 Å². The Morgan fingerprint density at radius 3 is 2.41 bits per heavy atom. The Morgan fingerprint density at radius 2 is 1.82 bits per heavy atom. The summed E-state index contributed by atoms with van der Waals surface area (Å²) in [6, 6.07) is 6.74. The van der Waals surface area contributed by atoms with Crippen LogP contribution in [0.25, 0.3) is 0 Å². The van der Waals surface area contributed by atoms with E-state index in [9.17, 15) is 27.9 Å². The Morgan fingerprint density at radius 1 is 1.13 bits per heavy atom. The van der Waals surface area contributed by atoms with Crippen LogP contribution in [-0.4, -0.2) is 57.3 Å². The highest BCUT2D eigenvalue weighted by Crippen LogP contribution is 2.34. The third kappa shape index (κ3) is 6.82. The zero-order valence-corrected chi connectivity index (χ0v) is 22.9. The summed E-state index contributed by atoms with van der Waals surface area (Å²) in [5.74, 6) is -2.84. The van der Waals surface area contributed by atoms with Crippen LogP contribution in [0.15, 0.2) is 41.6 Å². The Balaban J connectivity index is 1.61. The van der Waals surface area contributed by atoms with Gasteiger partial charge >= 0.3 is 11.9 Å². The standard InChI is InChI=1S/C24H22ClN3O9S2/c1-24(2,22(32)33)37-15-8-12(21(31)28-23-27-17(10-19(29)30)20(25)38-23)7-14(9-15)36-13-3-6-18(26-11-13)39(34,35)16-4-5-16/h3,6-9,11,16H,4-5,10H2,1-2H3,(H,29,30)(H,32,33)(H,27,28,31). The molecular formula is C24H22ClN3O9S2. The third-order valence-electron chi connectivity index (χ3n) is 5.42. The first-order chi connectivity index (χ1) is 18.2. The second-order valence-corrected chi connectivity index (χ2v) is 12.8. The van der Waals surface area contributed by atoms with Gasteiger partial charge in [0.05, 0.1) is 23.6 Å². The number of hydrogen-bond donors (Lipinski definition) is 3. The number of sulfone groups is 1. The number of ether oxygens (including phenoxy) is 2. The molecule has 2 heterocycles. The Kier molecular flexibility index (Phi) is 7.82. The summed E-state index contributed by atoms with van der Waals surface area (Å²) in [5.41, 5.74) is -1.56. The zero-order chi connectivity index (χ0) is 28.5. The van der Waals surface area contributed by atoms with E-state index in [1.165, 1.54) is 50.4 Å². The van der Waals surface area contributed by atoms with Gasteiger partial charge in [0, 0.05) is 11.6 Å². The summed E-state index contributed by atoms with van der Waals surface area (Å²) < 4.78 is 36.3. The third-order valence-corrected chi connectivity index (χ3v) is 8.84. The molecule has 3 aromatic rings. The fourth-order valence-corrected chi connectivity index (χ4v) is 5.84. The van der Waals surface area contributed by atoms with Gasteiger partial charge in [0.2, 0.25) is 0 Å². The average molecular weight is 596 g/mol. The maximum absolute atomic E-state index is 13.0. The lowest BCUT2D eigenvalue weighted by atomic mass is 10.1. The molecule has 1 aliphatic rings. The molecule has 3 N–H and O–H groups in total. The number of aromatic nitrogens is 2. The smallest absolute Gasteiger partial charge is 0.347 e. The van der Waals surface area contributed by atoms with Gasteiger partial charge in [-0.1, -0.05) is 22.9 Å². The number of rotatable bonds is 11. The van der Waals surface area contributed by atoms with Crippen molar-refractivity contribution in [3.8, 4) is 17.2 Å². The minimum atomic E-state index is -3.49. The number of carboxylic acid groups (broad SMARTS) is 2. The number of halogens is 1. The fraction of sp³-hybridized carbons (Fsp3) is 0.292. The molecule has 0 atom stereocenters. The van der Waals surface area contributed by atoms with Gasteiger partial charge in [0.25, 0.3) is 5.91 Å². The molecule has 0 unspecified atom stereocenters. The second kappa shape index (κ2) is 10.8. The van der Waals surface area contributed by atoms with Crippen molar-refractivity contribution in [3.05, 3.63) is 52.1 Å². The number of nitrogens with zero attached hydrogens (tertiary/aromatic N) is 2. The van der Waals surface area contributed by atoms with Crippen LogP contribution < -0.4 is 14.8 Å². The van der Waals surface area contributed by atoms with Gasteiger partial charge in [-0.15, -0.1) is 0 Å². The average Bonchev–Trinajstić information content (AvgIpc) is 3.64. The lowest BCUT2D eigenvalue weighted by molar-refractivity contribution is -0.152. The number of hydrogen-bond acceptors (Lipinski definition) is 10. The lowest BCUT2D eigenvalue weighted by Gasteiger charge is -2.22. The largest absolute Gasteiger partial charge is 0.481 e. The van der Waals surface area contributed by atoms with E-state index in [4.69, 9.17) is 26.2 Å². The van der Waals surface area contributed by atoms with Gasteiger partial charge in [-0.2, -0.15) is 0 Å². The lowest BCUT2D eigenvalue weighted by Crippen LogP contribution is -2.37. The van der Waals surface area contributed by atoms with Crippen LogP contribution in [0, 0.1) is 0 Å². The maximum atomic E-state index is 13.0. The molecule has 206 valence electrons. The van der Waals surface area contributed by atoms with Gasteiger partial charge in [-0.05, 0) is 51.0 Å². The molecule has 0 spiro atoms. The summed E-state index contributed by atoms with van der Waals surface area (Å²) >= 11 is 6.90. The predicted octanol–water partition coefficient (Wildman–Crippen LogP) is 4.04. The highest BCUT2D eigenvalue weighted by molar-refractivity contribution is 7.92. The highest BCUT2D eigenvalue weighted by Gasteiger charge is 2.37. The number of anilines is 1. The molecule has 12 nitrogen and oxygen atoms in total. The van der Waals surface area contributed by atoms with Gasteiger partial charge in [-0.25, -0.2) is 23.2 Å². The van der Waals surface area contributed by atoms with Gasteiger partial charge in [-0.3, -0.25) is 14.9 Å². The minimum Gasteiger partial charge on any atom is -0.481 e. The molecule has 0 bridgehead atoms. The van der Waals surface area contributed by atoms with Crippen molar-refractivity contribution in [2.75, 3.05) is 5.32 Å². The number of carboxylic acids is 2. The van der Waals surface area contributed by atoms with Crippen molar-refractivity contribution in [2.24, 2.45) is 0 Å². The molecule has 1 aliphatic carbocycles. The maximum Gasteiger partial charge on any atom is 0.347 e. The Bertz CT molecular complexity index is 1550. The van der Waals surface area contributed by atoms with Crippen LogP contribution in [-0.2, 0) is 25.8 Å². The molecule has 39 heavy (non-hydrogen) atoms. The molecule has 0 saturated heterocycles. The number of pyridine rings is 1. The summed E-state index contributed by atoms with van der Waals surface area (Å²) in [5, 5.41) is 20.5. The van der Waals surface area contributed by atoms with E-state index in [2.05, 4.69) is 15.3 Å². The van der Waals surface area contributed by atoms with Crippen LogP contribution >= 0.6 is 22.9 Å². The van der Waals surface area contributed by atoms with Crippen molar-refractivity contribution in [3.63, 3.8) is 0 Å². The van der Waals surface area contributed by atoms with E-state index >= 15 is 0 Å². The Hall–Kier alpha value is -3.75. The number of carbonyl (C=O) groups excluding carboxylic acids is 1. The molecule has 1 amide bonds. The summed E-state index contributed by atoms with van der Waals surface area (Å²) in [4.78, 5) is 43.6. The highest BCUT2D eigenvalue weighted by atomic mass is 35.5. The van der Waals surface area contributed by atoms with Crippen molar-refractivity contribution in [1.29, 1.82) is 0 Å². The van der Waals surface area contributed by atoms with Crippen molar-refractivity contribution >= 4 is 55.8 Å². The van der Waals surface area contributed by atoms with Crippen LogP contribution in [0.4, 0.5) is 5.13 Å². The number of aliphatic carboxylic acids is 2. The first-order valence-corrected chi connectivity index (χ1v) is 14.1. The molecule has 0 aliphatic heterocycles. The van der Waals surface area contributed by atoms with Crippen LogP contribution in [0.2, 0.25) is 4.34 Å². The number of nitrogens with one attached hydrogen (secondary N) is 1. The van der Waals surface area contributed by atoms with Crippen molar-refractivity contribution in [2.45, 2.75) is 49.0 Å². The summed E-state index contributed by atoms with van der Waals surface area (Å²) in [7, 11) is -3.49. The van der Waals surface area contributed by atoms with E-state index < -0.39 is 45.0 Å². The van der Waals surface area contributed by atoms with Crippen molar-refractivity contribution in [1.82, 2.24) is 9.97 Å². The SMILES string of the molecule is CC(C)(Oc1cc(Oc2ccc(S(=O)(=O)C3CC3)nc2)cc(C(=O)Nc2nc(CC(=O)O)c(Cl)s2)c1)C(=O)O. The molecule has 1 saturated carbocycles. The minimum absolute atomic E-state index is 0.00399. The van der Waals surface area contributed by atoms with E-state index in [0.717, 1.165) is 11.3 Å². The van der Waals surface area contributed by atoms with Gasteiger partial charge in [0.15, 0.2) is 25.6 Å². The van der Waals surface area contributed by atoms with Crippen LogP contribution in [0.1, 0.15) is 42.7 Å². The van der Waals surface area contributed by atoms with Gasteiger partial charge in [0.1, 0.15) is 21.6 Å². The van der Waals surface area contributed by atoms with E-state index in [-0.39, 0.29) is 43.0 Å². The monoisotopic (exact) mass is 595 g/mol. The summed E-state index contributed by atoms with van der Waals surface area (Å²) in [6.07, 6.45) is 2.00. The molecular weight excluding hydrogens is 574 g/mol. The van der Waals surface area contributed by atoms with Crippen molar-refractivity contribution < 1.29 is 42.5 Å². The topological polar surface area (TPSA) is 182 Å². The van der Waals surface area contributed by atoms with E-state index in [1.807, 2.05) is 0 Å². The zero-order valence-electron chi connectivity index (χ0n) is 20.5. The van der Waals surface area contributed by atoms with Crippen LogP contribution in [0.3, 0.4) is 0 Å². The first-order valence-electron chi connectivity index (χ1n) is 11.4. The number of amides is 1. The van der Waals surface area contributed by atoms with E-state index in [1.54, 1.807) is 0 Å². The Labute approximate surface area is 231 Å². The van der Waals surface area contributed by atoms with E-state index in [0.29, 0.717) is 12.8 Å². The van der Waals surface area contributed by atoms with Crippen LogP contribution in [0.5, 0.6) is 17.2 Å². The molecule has 4 rings (SSSR count). The number of thiazole rings is 1. The fourth-order valence-electron chi connectivity index (χ4n) is 3.25. The number of carbonyl (C=O) groups is 3. The first kappa shape index (κ1) is 28.3. The number of benzene rings is 1. The molecule has 0 radical (unpaired) electrons. The quantitative estimate of drug-likeness (QED) is 0.291. The molecule has 1 fully saturated rings. The summed E-state index contributed by atoms with van der Waals surface area (Å²) in [6.45, 7) is 2.65. The normalized spacial score (nSPS) is 13.5. The second-order valence-electron chi connectivity index (χ2n) is 9.05.